The summed E-state index contributed by atoms with van der Waals surface area (Å²) < 4.78 is 18.5. The first kappa shape index (κ1) is 24.8. The molecule has 6 nitrogen and oxygen atoms in total. The first-order chi connectivity index (χ1) is 15.8. The van der Waals surface area contributed by atoms with Crippen LogP contribution in [0.2, 0.25) is 0 Å². The Morgan fingerprint density at radius 1 is 0.970 bits per heavy atom. The number of thiazole rings is 1. The van der Waals surface area contributed by atoms with E-state index < -0.39 is 0 Å². The second-order valence-electron chi connectivity index (χ2n) is 8.34. The average molecular weight is 471 g/mol. The molecule has 0 aliphatic rings. The van der Waals surface area contributed by atoms with Crippen molar-refractivity contribution in [3.8, 4) is 17.2 Å². The molecule has 33 heavy (non-hydrogen) atoms. The lowest BCUT2D eigenvalue weighted by atomic mass is 10.1. The van der Waals surface area contributed by atoms with Crippen molar-refractivity contribution in [3.05, 3.63) is 41.0 Å². The molecule has 2 aromatic carbocycles. The van der Waals surface area contributed by atoms with E-state index in [1.165, 1.54) is 5.56 Å². The van der Waals surface area contributed by atoms with E-state index in [0.717, 1.165) is 15.8 Å². The van der Waals surface area contributed by atoms with Gasteiger partial charge in [0.05, 0.1) is 30.0 Å². The third-order valence-electron chi connectivity index (χ3n) is 4.99. The molecule has 0 radical (unpaired) electrons. The van der Waals surface area contributed by atoms with Gasteiger partial charge in [-0.05, 0) is 69.9 Å². The predicted octanol–water partition coefficient (Wildman–Crippen LogP) is 6.41. The van der Waals surface area contributed by atoms with Crippen LogP contribution in [0.1, 0.15) is 56.1 Å². The molecule has 0 bridgehead atoms. The van der Waals surface area contributed by atoms with Crippen molar-refractivity contribution in [2.45, 2.75) is 48.5 Å². The van der Waals surface area contributed by atoms with E-state index in [-0.39, 0.29) is 11.8 Å². The Balaban J connectivity index is 2.11. The van der Waals surface area contributed by atoms with E-state index in [1.54, 1.807) is 28.4 Å². The smallest absolute Gasteiger partial charge is 0.260 e. The third kappa shape index (κ3) is 5.58. The van der Waals surface area contributed by atoms with Crippen LogP contribution in [0, 0.1) is 19.8 Å². The first-order valence-corrected chi connectivity index (χ1v) is 12.4. The fourth-order valence-electron chi connectivity index (χ4n) is 3.76. The van der Waals surface area contributed by atoms with E-state index in [9.17, 15) is 4.79 Å². The Hall–Kier alpha value is -2.80. The summed E-state index contributed by atoms with van der Waals surface area (Å²) in [5.41, 5.74) is 3.74. The molecule has 0 fully saturated rings. The van der Waals surface area contributed by atoms with Crippen LogP contribution in [-0.4, -0.2) is 37.3 Å². The van der Waals surface area contributed by atoms with Gasteiger partial charge >= 0.3 is 0 Å². The van der Waals surface area contributed by atoms with Crippen LogP contribution in [0.25, 0.3) is 10.2 Å². The van der Waals surface area contributed by atoms with Crippen molar-refractivity contribution in [3.63, 3.8) is 0 Å². The summed E-state index contributed by atoms with van der Waals surface area (Å²) in [7, 11) is 0. The van der Waals surface area contributed by atoms with Crippen molar-refractivity contribution >= 4 is 32.6 Å². The summed E-state index contributed by atoms with van der Waals surface area (Å²) in [4.78, 5) is 20.4. The molecule has 0 N–H and O–H groups in total. The Kier molecular flexibility index (Phi) is 8.19. The molecular weight excluding hydrogens is 436 g/mol. The number of nitrogens with zero attached hydrogens (tertiary/aromatic N) is 2. The van der Waals surface area contributed by atoms with Crippen LogP contribution in [0.4, 0.5) is 5.13 Å². The number of benzene rings is 2. The molecule has 0 aliphatic heterocycles. The molecule has 3 aromatic rings. The number of aromatic nitrogens is 1. The van der Waals surface area contributed by atoms with Gasteiger partial charge in [0, 0.05) is 12.1 Å². The molecular formula is C26H34N2O4S. The first-order valence-electron chi connectivity index (χ1n) is 11.5. The molecule has 1 amide bonds. The van der Waals surface area contributed by atoms with E-state index in [0.29, 0.717) is 54.3 Å². The van der Waals surface area contributed by atoms with Crippen molar-refractivity contribution in [1.29, 1.82) is 0 Å². The molecule has 0 aliphatic carbocycles. The van der Waals surface area contributed by atoms with Gasteiger partial charge in [-0.25, -0.2) is 4.98 Å². The number of aryl methyl sites for hydroxylation is 2. The SMILES string of the molecule is CCOc1cc(C(=O)N(CC(C)C)c2nc3cc(C)cc(C)c3s2)cc(OCC)c1OCC. The summed E-state index contributed by atoms with van der Waals surface area (Å²) in [5, 5.41) is 0.696. The van der Waals surface area contributed by atoms with Crippen LogP contribution in [0.15, 0.2) is 24.3 Å². The van der Waals surface area contributed by atoms with Crippen molar-refractivity contribution < 1.29 is 19.0 Å². The minimum atomic E-state index is -0.137. The molecule has 1 aromatic heterocycles. The number of fused-ring (bicyclic) bond motifs is 1. The van der Waals surface area contributed by atoms with Crippen LogP contribution in [0.5, 0.6) is 17.2 Å². The van der Waals surface area contributed by atoms with Gasteiger partial charge in [0.25, 0.3) is 5.91 Å². The summed E-state index contributed by atoms with van der Waals surface area (Å²) in [6.45, 7) is 16.0. The van der Waals surface area contributed by atoms with Crippen LogP contribution >= 0.6 is 11.3 Å². The number of hydrogen-bond donors (Lipinski definition) is 0. The number of carbonyl (C=O) groups excluding carboxylic acids is 1. The Morgan fingerprint density at radius 2 is 1.58 bits per heavy atom. The van der Waals surface area contributed by atoms with E-state index in [4.69, 9.17) is 19.2 Å². The quantitative estimate of drug-likeness (QED) is 0.342. The van der Waals surface area contributed by atoms with Gasteiger partial charge in [0.1, 0.15) is 0 Å². The summed E-state index contributed by atoms with van der Waals surface area (Å²) in [5.74, 6) is 1.67. The lowest BCUT2D eigenvalue weighted by molar-refractivity contribution is 0.0982. The second-order valence-corrected chi connectivity index (χ2v) is 9.31. The van der Waals surface area contributed by atoms with Crippen LogP contribution in [0.3, 0.4) is 0 Å². The molecule has 0 saturated heterocycles. The number of carbonyl (C=O) groups is 1. The number of anilines is 1. The van der Waals surface area contributed by atoms with Gasteiger partial charge in [0.2, 0.25) is 5.75 Å². The molecule has 0 spiro atoms. The average Bonchev–Trinajstić information content (AvgIpc) is 3.18. The van der Waals surface area contributed by atoms with Crippen LogP contribution < -0.4 is 19.1 Å². The highest BCUT2D eigenvalue weighted by molar-refractivity contribution is 7.22. The Morgan fingerprint density at radius 3 is 2.12 bits per heavy atom. The lowest BCUT2D eigenvalue weighted by Crippen LogP contribution is -2.34. The molecule has 0 unspecified atom stereocenters. The van der Waals surface area contributed by atoms with Gasteiger partial charge in [-0.15, -0.1) is 0 Å². The fourth-order valence-corrected chi connectivity index (χ4v) is 4.78. The maximum atomic E-state index is 13.8. The highest BCUT2D eigenvalue weighted by atomic mass is 32.1. The molecule has 0 atom stereocenters. The molecule has 178 valence electrons. The summed E-state index contributed by atoms with van der Waals surface area (Å²) in [6.07, 6.45) is 0. The van der Waals surface area contributed by atoms with Crippen molar-refractivity contribution in [1.82, 2.24) is 4.98 Å². The van der Waals surface area contributed by atoms with Crippen LogP contribution in [-0.2, 0) is 0 Å². The number of hydrogen-bond acceptors (Lipinski definition) is 6. The predicted molar refractivity (Wildman–Crippen MR) is 136 cm³/mol. The van der Waals surface area contributed by atoms with E-state index >= 15 is 0 Å². The zero-order valence-corrected chi connectivity index (χ0v) is 21.5. The van der Waals surface area contributed by atoms with Gasteiger partial charge in [0.15, 0.2) is 16.6 Å². The van der Waals surface area contributed by atoms with Crippen molar-refractivity contribution in [2.75, 3.05) is 31.3 Å². The highest BCUT2D eigenvalue weighted by Crippen LogP contribution is 2.40. The molecule has 0 saturated carbocycles. The Bertz CT molecular complexity index is 1100. The lowest BCUT2D eigenvalue weighted by Gasteiger charge is -2.23. The zero-order valence-electron chi connectivity index (χ0n) is 20.7. The van der Waals surface area contributed by atoms with Gasteiger partial charge < -0.3 is 14.2 Å². The second kappa shape index (κ2) is 10.9. The molecule has 3 rings (SSSR count). The fraction of sp³-hybridized carbons (Fsp3) is 0.462. The molecule has 1 heterocycles. The largest absolute Gasteiger partial charge is 0.490 e. The maximum Gasteiger partial charge on any atom is 0.260 e. The van der Waals surface area contributed by atoms with E-state index in [1.807, 2.05) is 20.8 Å². The Labute approximate surface area is 200 Å². The summed E-state index contributed by atoms with van der Waals surface area (Å²) >= 11 is 1.55. The molecule has 7 heteroatoms. The van der Waals surface area contributed by atoms with Gasteiger partial charge in [-0.2, -0.15) is 0 Å². The monoisotopic (exact) mass is 470 g/mol. The number of ether oxygens (including phenoxy) is 3. The minimum Gasteiger partial charge on any atom is -0.490 e. The van der Waals surface area contributed by atoms with E-state index in [2.05, 4.69) is 39.8 Å². The zero-order chi connectivity index (χ0) is 24.1. The standard InChI is InChI=1S/C26H34N2O4S/c1-8-30-21-13-19(14-22(31-9-2)23(21)32-10-3)25(29)28(15-16(4)5)26-27-20-12-17(6)11-18(7)24(20)33-26/h11-14,16H,8-10,15H2,1-7H3. The topological polar surface area (TPSA) is 60.9 Å². The van der Waals surface area contributed by atoms with Crippen molar-refractivity contribution in [2.24, 2.45) is 5.92 Å². The minimum absolute atomic E-state index is 0.137. The summed E-state index contributed by atoms with van der Waals surface area (Å²) in [6, 6.07) is 7.70. The van der Waals surface area contributed by atoms with Gasteiger partial charge in [-0.1, -0.05) is 31.3 Å². The highest BCUT2D eigenvalue weighted by Gasteiger charge is 2.26. The van der Waals surface area contributed by atoms with Gasteiger partial charge in [-0.3, -0.25) is 9.69 Å². The third-order valence-corrected chi connectivity index (χ3v) is 6.22. The normalized spacial score (nSPS) is 11.2. The number of rotatable bonds is 10. The number of amides is 1. The maximum absolute atomic E-state index is 13.8.